The van der Waals surface area contributed by atoms with Crippen LogP contribution in [0.2, 0.25) is 0 Å². The van der Waals surface area contributed by atoms with Gasteiger partial charge in [0.25, 0.3) is 0 Å². The molecule has 1 aromatic carbocycles. The van der Waals surface area contributed by atoms with Crippen molar-refractivity contribution in [1.82, 2.24) is 10.2 Å². The fraction of sp³-hybridized carbons (Fsp3) is 0.562. The number of anilines is 1. The Bertz CT molecular complexity index is 439. The molecule has 0 saturated carbocycles. The van der Waals surface area contributed by atoms with E-state index < -0.39 is 0 Å². The van der Waals surface area contributed by atoms with Crippen molar-refractivity contribution in [1.29, 1.82) is 0 Å². The Morgan fingerprint density at radius 3 is 2.43 bits per heavy atom. The number of carbonyl (C=O) groups excluding carboxylic acids is 1. The van der Waals surface area contributed by atoms with E-state index in [2.05, 4.69) is 29.3 Å². The molecule has 21 heavy (non-hydrogen) atoms. The normalized spacial score (nSPS) is 15.0. The van der Waals surface area contributed by atoms with Crippen LogP contribution in [0.5, 0.6) is 5.75 Å². The van der Waals surface area contributed by atoms with Crippen LogP contribution in [0.15, 0.2) is 24.3 Å². The van der Waals surface area contributed by atoms with Crippen molar-refractivity contribution in [2.24, 2.45) is 0 Å². The Kier molecular flexibility index (Phi) is 5.72. The number of nitrogens with one attached hydrogen (secondary N) is 1. The van der Waals surface area contributed by atoms with Gasteiger partial charge in [-0.2, -0.15) is 0 Å². The van der Waals surface area contributed by atoms with Crippen LogP contribution in [0.4, 0.5) is 10.5 Å². The summed E-state index contributed by atoms with van der Waals surface area (Å²) in [6.07, 6.45) is 2.14. The molecule has 1 aliphatic heterocycles. The highest BCUT2D eigenvalue weighted by Gasteiger charge is 2.20. The Hall–Kier alpha value is -1.91. The first kappa shape index (κ1) is 15.5. The number of piperazine rings is 1. The lowest BCUT2D eigenvalue weighted by Gasteiger charge is -2.36. The van der Waals surface area contributed by atoms with E-state index in [4.69, 9.17) is 4.74 Å². The van der Waals surface area contributed by atoms with Gasteiger partial charge in [-0.15, -0.1) is 0 Å². The maximum Gasteiger partial charge on any atom is 0.317 e. The van der Waals surface area contributed by atoms with Gasteiger partial charge in [-0.25, -0.2) is 4.79 Å². The van der Waals surface area contributed by atoms with Gasteiger partial charge in [0.15, 0.2) is 0 Å². The fourth-order valence-corrected chi connectivity index (χ4v) is 2.44. The predicted molar refractivity (Wildman–Crippen MR) is 85.1 cm³/mol. The third kappa shape index (κ3) is 4.28. The van der Waals surface area contributed by atoms with Crippen molar-refractivity contribution in [3.05, 3.63) is 24.3 Å². The van der Waals surface area contributed by atoms with Crippen molar-refractivity contribution < 1.29 is 9.53 Å². The Balaban J connectivity index is 1.80. The number of benzene rings is 1. The summed E-state index contributed by atoms with van der Waals surface area (Å²) in [5.74, 6) is 0.868. The van der Waals surface area contributed by atoms with Gasteiger partial charge in [0.2, 0.25) is 0 Å². The molecule has 0 aliphatic carbocycles. The SMILES string of the molecule is CCCCNC(=O)N1CCN(c2ccc(OC)cc2)CC1. The highest BCUT2D eigenvalue weighted by molar-refractivity contribution is 5.74. The van der Waals surface area contributed by atoms with Gasteiger partial charge < -0.3 is 19.9 Å². The Labute approximate surface area is 126 Å². The molecule has 5 heteroatoms. The molecule has 1 N–H and O–H groups in total. The number of nitrogens with zero attached hydrogens (tertiary/aromatic N) is 2. The maximum absolute atomic E-state index is 12.0. The minimum atomic E-state index is 0.0674. The number of urea groups is 1. The quantitative estimate of drug-likeness (QED) is 0.847. The Morgan fingerprint density at radius 1 is 1.19 bits per heavy atom. The summed E-state index contributed by atoms with van der Waals surface area (Å²) >= 11 is 0. The topological polar surface area (TPSA) is 44.8 Å². The van der Waals surface area contributed by atoms with Crippen LogP contribution in [0.1, 0.15) is 19.8 Å². The van der Waals surface area contributed by atoms with Crippen LogP contribution in [0.25, 0.3) is 0 Å². The summed E-state index contributed by atoms with van der Waals surface area (Å²) in [6, 6.07) is 8.14. The second-order valence-electron chi connectivity index (χ2n) is 5.26. The van der Waals surface area contributed by atoms with E-state index in [1.807, 2.05) is 17.0 Å². The summed E-state index contributed by atoms with van der Waals surface area (Å²) in [5.41, 5.74) is 1.18. The van der Waals surface area contributed by atoms with E-state index in [0.717, 1.165) is 51.3 Å². The molecule has 2 rings (SSSR count). The van der Waals surface area contributed by atoms with Gasteiger partial charge in [-0.3, -0.25) is 0 Å². The molecule has 0 aromatic heterocycles. The lowest BCUT2D eigenvalue weighted by Crippen LogP contribution is -2.52. The van der Waals surface area contributed by atoms with E-state index in [1.54, 1.807) is 7.11 Å². The van der Waals surface area contributed by atoms with E-state index in [-0.39, 0.29) is 6.03 Å². The highest BCUT2D eigenvalue weighted by atomic mass is 16.5. The molecule has 0 unspecified atom stereocenters. The van der Waals surface area contributed by atoms with Crippen molar-refractivity contribution in [3.8, 4) is 5.75 Å². The van der Waals surface area contributed by atoms with Gasteiger partial charge in [0.05, 0.1) is 7.11 Å². The minimum Gasteiger partial charge on any atom is -0.497 e. The zero-order chi connectivity index (χ0) is 15.1. The van der Waals surface area contributed by atoms with E-state index in [0.29, 0.717) is 0 Å². The van der Waals surface area contributed by atoms with E-state index in [9.17, 15) is 4.79 Å². The zero-order valence-corrected chi connectivity index (χ0v) is 13.0. The standard InChI is InChI=1S/C16H25N3O2/c1-3-4-9-17-16(20)19-12-10-18(11-13-19)14-5-7-15(21-2)8-6-14/h5-8H,3-4,9-13H2,1-2H3,(H,17,20). The van der Waals surface area contributed by atoms with E-state index in [1.165, 1.54) is 5.69 Å². The summed E-state index contributed by atoms with van der Waals surface area (Å²) in [4.78, 5) is 16.2. The van der Waals surface area contributed by atoms with E-state index >= 15 is 0 Å². The number of hydrogen-bond acceptors (Lipinski definition) is 3. The van der Waals surface area contributed by atoms with Crippen LogP contribution < -0.4 is 15.0 Å². The largest absolute Gasteiger partial charge is 0.497 e. The molecule has 1 aromatic rings. The number of ether oxygens (including phenoxy) is 1. The second kappa shape index (κ2) is 7.76. The lowest BCUT2D eigenvalue weighted by atomic mass is 10.2. The molecular formula is C16H25N3O2. The monoisotopic (exact) mass is 291 g/mol. The van der Waals surface area contributed by atoms with Crippen molar-refractivity contribution in [2.45, 2.75) is 19.8 Å². The van der Waals surface area contributed by atoms with Crippen LogP contribution in [0.3, 0.4) is 0 Å². The first-order valence-corrected chi connectivity index (χ1v) is 7.66. The third-order valence-corrected chi connectivity index (χ3v) is 3.81. The molecule has 0 radical (unpaired) electrons. The van der Waals surface area contributed by atoms with Gasteiger partial charge in [0.1, 0.15) is 5.75 Å². The maximum atomic E-state index is 12.0. The molecule has 0 spiro atoms. The summed E-state index contributed by atoms with van der Waals surface area (Å²) in [6.45, 7) is 6.17. The predicted octanol–water partition coefficient (Wildman–Crippen LogP) is 2.33. The number of methoxy groups -OCH3 is 1. The van der Waals surface area contributed by atoms with Gasteiger partial charge in [-0.1, -0.05) is 13.3 Å². The molecule has 1 heterocycles. The zero-order valence-electron chi connectivity index (χ0n) is 13.0. The first-order chi connectivity index (χ1) is 10.2. The summed E-state index contributed by atoms with van der Waals surface area (Å²) in [5, 5.41) is 2.97. The molecule has 1 fully saturated rings. The Morgan fingerprint density at radius 2 is 1.86 bits per heavy atom. The summed E-state index contributed by atoms with van der Waals surface area (Å²) in [7, 11) is 1.67. The number of amides is 2. The smallest absolute Gasteiger partial charge is 0.317 e. The van der Waals surface area contributed by atoms with Crippen molar-refractivity contribution in [2.75, 3.05) is 44.7 Å². The number of carbonyl (C=O) groups is 1. The molecule has 2 amide bonds. The van der Waals surface area contributed by atoms with Gasteiger partial charge >= 0.3 is 6.03 Å². The molecule has 1 saturated heterocycles. The molecule has 0 atom stereocenters. The van der Waals surface area contributed by atoms with Gasteiger partial charge in [0, 0.05) is 38.4 Å². The summed E-state index contributed by atoms with van der Waals surface area (Å²) < 4.78 is 5.17. The molecular weight excluding hydrogens is 266 g/mol. The minimum absolute atomic E-state index is 0.0674. The molecule has 0 bridgehead atoms. The van der Waals surface area contributed by atoms with Crippen molar-refractivity contribution >= 4 is 11.7 Å². The second-order valence-corrected chi connectivity index (χ2v) is 5.26. The van der Waals surface area contributed by atoms with Crippen LogP contribution in [0, 0.1) is 0 Å². The average molecular weight is 291 g/mol. The number of rotatable bonds is 5. The molecule has 1 aliphatic rings. The van der Waals surface area contributed by atoms with Crippen LogP contribution >= 0.6 is 0 Å². The fourth-order valence-electron chi connectivity index (χ4n) is 2.44. The lowest BCUT2D eigenvalue weighted by molar-refractivity contribution is 0.194. The number of hydrogen-bond donors (Lipinski definition) is 1. The highest BCUT2D eigenvalue weighted by Crippen LogP contribution is 2.20. The molecule has 5 nitrogen and oxygen atoms in total. The van der Waals surface area contributed by atoms with Crippen LogP contribution in [-0.4, -0.2) is 50.8 Å². The third-order valence-electron chi connectivity index (χ3n) is 3.81. The molecule has 116 valence electrons. The van der Waals surface area contributed by atoms with Gasteiger partial charge in [-0.05, 0) is 30.7 Å². The van der Waals surface area contributed by atoms with Crippen LogP contribution in [-0.2, 0) is 0 Å². The first-order valence-electron chi connectivity index (χ1n) is 7.66. The number of unbranched alkanes of at least 4 members (excludes halogenated alkanes) is 1. The van der Waals surface area contributed by atoms with Crippen molar-refractivity contribution in [3.63, 3.8) is 0 Å². The average Bonchev–Trinajstić information content (AvgIpc) is 2.55.